The molecule has 2 aliphatic rings. The second-order valence-electron chi connectivity index (χ2n) is 7.45. The van der Waals surface area contributed by atoms with Crippen LogP contribution < -0.4 is 0 Å². The van der Waals surface area contributed by atoms with E-state index in [0.717, 1.165) is 20.8 Å². The zero-order chi connectivity index (χ0) is 26.4. The number of nitrogens with zero attached hydrogens (tertiary/aromatic N) is 1. The molecule has 2 aliphatic heterocycles. The number of hydrogen-bond acceptors (Lipinski definition) is 9. The highest BCUT2D eigenvalue weighted by Gasteiger charge is 2.57. The molecular weight excluding hydrogens is 620 g/mol. The summed E-state index contributed by atoms with van der Waals surface area (Å²) >= 11 is 27.8. The van der Waals surface area contributed by atoms with Crippen molar-refractivity contribution in [3.8, 4) is 0 Å². The normalized spacial score (nSPS) is 25.8. The van der Waals surface area contributed by atoms with E-state index in [4.69, 9.17) is 65.4 Å². The van der Waals surface area contributed by atoms with E-state index in [9.17, 15) is 24.0 Å². The van der Waals surface area contributed by atoms with Crippen molar-refractivity contribution in [2.75, 3.05) is 6.61 Å². The maximum atomic E-state index is 13.4. The number of benzene rings is 1. The van der Waals surface area contributed by atoms with Crippen LogP contribution in [0.5, 0.6) is 0 Å². The van der Waals surface area contributed by atoms with Gasteiger partial charge in [-0.3, -0.25) is 28.9 Å². The van der Waals surface area contributed by atoms with Crippen LogP contribution in [-0.2, 0) is 33.3 Å². The molecule has 0 aromatic heterocycles. The molecule has 0 radical (unpaired) electrons. The molecule has 0 unspecified atom stereocenters. The van der Waals surface area contributed by atoms with Crippen molar-refractivity contribution < 1.29 is 42.9 Å². The van der Waals surface area contributed by atoms with Crippen molar-refractivity contribution in [2.45, 2.75) is 50.1 Å². The Bertz CT molecular complexity index is 1080. The van der Waals surface area contributed by atoms with Crippen LogP contribution >= 0.6 is 62.3 Å². The summed E-state index contributed by atoms with van der Waals surface area (Å²) in [5.41, 5.74) is -0.605. The fourth-order valence-electron chi connectivity index (χ4n) is 3.78. The lowest BCUT2D eigenvalue weighted by Crippen LogP contribution is -2.65. The molecular formula is C20H16BrCl4NO9. The van der Waals surface area contributed by atoms with Gasteiger partial charge in [0.1, 0.15) is 23.8 Å². The third-order valence-corrected chi connectivity index (χ3v) is 7.65. The minimum absolute atomic E-state index is 0.230. The smallest absolute Gasteiger partial charge is 0.303 e. The monoisotopic (exact) mass is 633 g/mol. The lowest BCUT2D eigenvalue weighted by Gasteiger charge is -2.45. The molecule has 15 heteroatoms. The molecule has 0 bridgehead atoms. The van der Waals surface area contributed by atoms with Crippen molar-refractivity contribution in [3.63, 3.8) is 0 Å². The van der Waals surface area contributed by atoms with E-state index in [1.54, 1.807) is 0 Å². The van der Waals surface area contributed by atoms with Crippen molar-refractivity contribution >= 4 is 92.1 Å². The molecule has 35 heavy (non-hydrogen) atoms. The van der Waals surface area contributed by atoms with Crippen LogP contribution in [0.2, 0.25) is 20.1 Å². The summed E-state index contributed by atoms with van der Waals surface area (Å²) in [6.45, 7) is 2.95. The first-order chi connectivity index (χ1) is 16.3. The van der Waals surface area contributed by atoms with Crippen molar-refractivity contribution in [3.05, 3.63) is 31.2 Å². The average Bonchev–Trinajstić information content (AvgIpc) is 3.01. The van der Waals surface area contributed by atoms with Gasteiger partial charge in [-0.15, -0.1) is 0 Å². The first-order valence-electron chi connectivity index (χ1n) is 9.79. The van der Waals surface area contributed by atoms with Crippen molar-refractivity contribution in [1.82, 2.24) is 4.90 Å². The molecule has 0 aliphatic carbocycles. The van der Waals surface area contributed by atoms with Gasteiger partial charge in [-0.2, -0.15) is 0 Å². The van der Waals surface area contributed by atoms with E-state index in [-0.39, 0.29) is 37.8 Å². The summed E-state index contributed by atoms with van der Waals surface area (Å²) in [5.74, 6) is -4.10. The Balaban J connectivity index is 2.12. The number of fused-ring (bicyclic) bond motifs is 1. The average molecular weight is 636 g/mol. The van der Waals surface area contributed by atoms with Gasteiger partial charge in [-0.1, -0.05) is 62.3 Å². The number of alkyl halides is 1. The first-order valence-corrected chi connectivity index (χ1v) is 12.2. The molecule has 0 N–H and O–H groups in total. The van der Waals surface area contributed by atoms with Gasteiger partial charge in [-0.05, 0) is 0 Å². The maximum absolute atomic E-state index is 13.4. The number of imide groups is 1. The van der Waals surface area contributed by atoms with E-state index in [0.29, 0.717) is 4.90 Å². The standard InChI is InChI=1S/C20H16BrCl4NO9/c1-5(27)32-4-8-16(33-6(2)28)17(34-7(3)29)15(18(21)35-8)26-19(30)9-10(20(26)31)12(23)14(25)13(24)11(9)22/h8,15-18H,4H2,1-3H3/t8-,15-,16-,17-,18+/m1/s1. The van der Waals surface area contributed by atoms with Gasteiger partial charge >= 0.3 is 17.9 Å². The topological polar surface area (TPSA) is 126 Å². The van der Waals surface area contributed by atoms with Gasteiger partial charge in [0.2, 0.25) is 0 Å². The number of hydrogen-bond donors (Lipinski definition) is 0. The van der Waals surface area contributed by atoms with E-state index in [2.05, 4.69) is 15.9 Å². The minimum atomic E-state index is -1.44. The second-order valence-corrected chi connectivity index (χ2v) is 9.87. The first kappa shape index (κ1) is 27.9. The predicted molar refractivity (Wildman–Crippen MR) is 126 cm³/mol. The van der Waals surface area contributed by atoms with Gasteiger partial charge in [0.25, 0.3) is 11.8 Å². The molecule has 5 atom stereocenters. The number of amides is 2. The minimum Gasteiger partial charge on any atom is -0.463 e. The summed E-state index contributed by atoms with van der Waals surface area (Å²) in [7, 11) is 0. The van der Waals surface area contributed by atoms with E-state index < -0.39 is 59.1 Å². The van der Waals surface area contributed by atoms with Gasteiger partial charge in [0, 0.05) is 20.8 Å². The van der Waals surface area contributed by atoms with Crippen LogP contribution in [0.1, 0.15) is 41.5 Å². The summed E-state index contributed by atoms with van der Waals surface area (Å²) in [6, 6.07) is -1.38. The number of carbonyl (C=O) groups is 5. The van der Waals surface area contributed by atoms with Gasteiger partial charge in [-0.25, -0.2) is 0 Å². The third kappa shape index (κ3) is 5.26. The van der Waals surface area contributed by atoms with Crippen LogP contribution in [0.25, 0.3) is 0 Å². The van der Waals surface area contributed by atoms with Crippen LogP contribution in [-0.4, -0.2) is 70.6 Å². The van der Waals surface area contributed by atoms with Gasteiger partial charge in [0.05, 0.1) is 31.2 Å². The lowest BCUT2D eigenvalue weighted by atomic mass is 9.96. The zero-order valence-corrected chi connectivity index (χ0v) is 22.7. The van der Waals surface area contributed by atoms with Gasteiger partial charge < -0.3 is 18.9 Å². The number of esters is 3. The highest BCUT2D eigenvalue weighted by molar-refractivity contribution is 9.09. The number of carbonyl (C=O) groups excluding carboxylic acids is 5. The SMILES string of the molecule is CC(=O)OC[C@H]1O[C@H](Br)[C@H](N2C(=O)c3c(Cl)c(Cl)c(Cl)c(Cl)c3C2=O)[C@@H](OC(C)=O)[C@@H]1OC(C)=O. The Labute approximate surface area is 227 Å². The zero-order valence-electron chi connectivity index (χ0n) is 18.1. The molecule has 190 valence electrons. The lowest BCUT2D eigenvalue weighted by molar-refractivity contribution is -0.216. The fourth-order valence-corrected chi connectivity index (χ4v) is 5.61. The van der Waals surface area contributed by atoms with Crippen LogP contribution in [0.15, 0.2) is 0 Å². The number of halogens is 5. The second kappa shape index (κ2) is 10.8. The molecule has 10 nitrogen and oxygen atoms in total. The van der Waals surface area contributed by atoms with E-state index in [1.807, 2.05) is 0 Å². The molecule has 2 amide bonds. The Morgan fingerprint density at radius 2 is 1.29 bits per heavy atom. The Kier molecular flexibility index (Phi) is 8.61. The maximum Gasteiger partial charge on any atom is 0.303 e. The quantitative estimate of drug-likeness (QED) is 0.119. The molecule has 3 rings (SSSR count). The summed E-state index contributed by atoms with van der Waals surface area (Å²) in [5, 5.41) is -2.23. The van der Waals surface area contributed by atoms with E-state index in [1.165, 1.54) is 0 Å². The molecule has 2 heterocycles. The highest BCUT2D eigenvalue weighted by atomic mass is 79.9. The van der Waals surface area contributed by atoms with Crippen molar-refractivity contribution in [2.24, 2.45) is 0 Å². The molecule has 1 saturated heterocycles. The summed E-state index contributed by atoms with van der Waals surface area (Å²) in [6.07, 6.45) is -3.95. The van der Waals surface area contributed by atoms with Crippen LogP contribution in [0.3, 0.4) is 0 Å². The third-order valence-electron chi connectivity index (χ3n) is 5.09. The Morgan fingerprint density at radius 3 is 1.71 bits per heavy atom. The Hall–Kier alpha value is -1.63. The summed E-state index contributed by atoms with van der Waals surface area (Å²) in [4.78, 5) is 62.7. The van der Waals surface area contributed by atoms with Crippen LogP contribution in [0.4, 0.5) is 0 Å². The largest absolute Gasteiger partial charge is 0.463 e. The predicted octanol–water partition coefficient (Wildman–Crippen LogP) is 3.81. The van der Waals surface area contributed by atoms with Gasteiger partial charge in [0.15, 0.2) is 12.2 Å². The molecule has 0 spiro atoms. The molecule has 1 aromatic carbocycles. The summed E-state index contributed by atoms with van der Waals surface area (Å²) < 4.78 is 21.5. The fraction of sp³-hybridized carbons (Fsp3) is 0.450. The number of ether oxygens (including phenoxy) is 4. The molecule has 1 fully saturated rings. The van der Waals surface area contributed by atoms with E-state index >= 15 is 0 Å². The van der Waals surface area contributed by atoms with Crippen molar-refractivity contribution in [1.29, 1.82) is 0 Å². The number of rotatable bonds is 5. The molecule has 1 aromatic rings. The molecule has 0 saturated carbocycles. The highest BCUT2D eigenvalue weighted by Crippen LogP contribution is 2.46. The van der Waals surface area contributed by atoms with Crippen LogP contribution in [0, 0.1) is 0 Å². The Morgan fingerprint density at radius 1 is 0.829 bits per heavy atom.